The fraction of sp³-hybridized carbons (Fsp3) is 0.900. The maximum absolute atomic E-state index is 11.3. The third kappa shape index (κ3) is 7.78. The smallest absolute Gasteiger partial charge is 0.220 e. The van der Waals surface area contributed by atoms with Gasteiger partial charge in [0.05, 0.1) is 0 Å². The number of carbonyl (C=O) groups excluding carboxylic acids is 1. The number of nitrogens with two attached hydrogens (primary N) is 1. The minimum atomic E-state index is 0.0559. The Balaban J connectivity index is 3.64. The predicted molar refractivity (Wildman–Crippen MR) is 55.3 cm³/mol. The monoisotopic (exact) mass is 186 g/mol. The Bertz CT molecular complexity index is 161. The van der Waals surface area contributed by atoms with Gasteiger partial charge in [0.2, 0.25) is 5.91 Å². The standard InChI is InChI=1S/C10H22N2O/c1-5-8(11)7-12-9(13)6-10(2,3)4/h8H,5-7,11H2,1-4H3,(H,12,13). The van der Waals surface area contributed by atoms with Crippen molar-refractivity contribution in [3.63, 3.8) is 0 Å². The number of amides is 1. The van der Waals surface area contributed by atoms with Gasteiger partial charge in [0.1, 0.15) is 0 Å². The number of nitrogens with one attached hydrogen (secondary N) is 1. The number of carbonyl (C=O) groups is 1. The van der Waals surface area contributed by atoms with E-state index < -0.39 is 0 Å². The Labute approximate surface area is 81.1 Å². The van der Waals surface area contributed by atoms with Gasteiger partial charge in [-0.3, -0.25) is 4.79 Å². The molecule has 78 valence electrons. The van der Waals surface area contributed by atoms with Crippen LogP contribution in [0, 0.1) is 5.41 Å². The second-order valence-electron chi connectivity index (χ2n) is 4.71. The van der Waals surface area contributed by atoms with E-state index in [0.29, 0.717) is 13.0 Å². The van der Waals surface area contributed by atoms with Crippen LogP contribution in [0.4, 0.5) is 0 Å². The SMILES string of the molecule is CCC(N)CNC(=O)CC(C)(C)C. The van der Waals surface area contributed by atoms with Gasteiger partial charge in [-0.1, -0.05) is 27.7 Å². The molecule has 13 heavy (non-hydrogen) atoms. The predicted octanol–water partition coefficient (Wildman–Crippen LogP) is 1.28. The van der Waals surface area contributed by atoms with Crippen LogP contribution < -0.4 is 11.1 Å². The summed E-state index contributed by atoms with van der Waals surface area (Å²) in [6.45, 7) is 8.75. The summed E-state index contributed by atoms with van der Waals surface area (Å²) in [4.78, 5) is 11.3. The molecule has 0 aromatic rings. The highest BCUT2D eigenvalue weighted by atomic mass is 16.1. The third-order valence-electron chi connectivity index (χ3n) is 1.78. The van der Waals surface area contributed by atoms with Crippen LogP contribution in [-0.4, -0.2) is 18.5 Å². The van der Waals surface area contributed by atoms with Gasteiger partial charge in [-0.05, 0) is 11.8 Å². The first-order valence-corrected chi connectivity index (χ1v) is 4.87. The first kappa shape index (κ1) is 12.4. The lowest BCUT2D eigenvalue weighted by atomic mass is 9.92. The van der Waals surface area contributed by atoms with E-state index in [1.54, 1.807) is 0 Å². The highest BCUT2D eigenvalue weighted by molar-refractivity contribution is 5.76. The number of hydrogen-bond acceptors (Lipinski definition) is 2. The van der Waals surface area contributed by atoms with Crippen molar-refractivity contribution >= 4 is 5.91 Å². The molecule has 0 aromatic carbocycles. The third-order valence-corrected chi connectivity index (χ3v) is 1.78. The van der Waals surface area contributed by atoms with Crippen molar-refractivity contribution in [1.82, 2.24) is 5.32 Å². The lowest BCUT2D eigenvalue weighted by Gasteiger charge is -2.18. The molecule has 0 aromatic heterocycles. The molecule has 0 aliphatic heterocycles. The van der Waals surface area contributed by atoms with E-state index in [9.17, 15) is 4.79 Å². The van der Waals surface area contributed by atoms with E-state index in [-0.39, 0.29) is 17.4 Å². The average molecular weight is 186 g/mol. The van der Waals surface area contributed by atoms with Gasteiger partial charge in [-0.2, -0.15) is 0 Å². The Kier molecular flexibility index (Phi) is 4.99. The Morgan fingerprint density at radius 3 is 2.38 bits per heavy atom. The maximum atomic E-state index is 11.3. The topological polar surface area (TPSA) is 55.1 Å². The normalized spacial score (nSPS) is 13.9. The molecule has 0 aliphatic carbocycles. The highest BCUT2D eigenvalue weighted by Gasteiger charge is 2.15. The van der Waals surface area contributed by atoms with E-state index in [2.05, 4.69) is 5.32 Å². The highest BCUT2D eigenvalue weighted by Crippen LogP contribution is 2.17. The van der Waals surface area contributed by atoms with E-state index >= 15 is 0 Å². The zero-order chi connectivity index (χ0) is 10.5. The molecule has 0 fully saturated rings. The lowest BCUT2D eigenvalue weighted by Crippen LogP contribution is -2.37. The van der Waals surface area contributed by atoms with Crippen molar-refractivity contribution in [1.29, 1.82) is 0 Å². The van der Waals surface area contributed by atoms with Crippen molar-refractivity contribution in [3.05, 3.63) is 0 Å². The van der Waals surface area contributed by atoms with Crippen molar-refractivity contribution < 1.29 is 4.79 Å². The van der Waals surface area contributed by atoms with Crippen molar-refractivity contribution in [2.75, 3.05) is 6.54 Å². The molecule has 0 aliphatic rings. The van der Waals surface area contributed by atoms with Crippen LogP contribution in [0.5, 0.6) is 0 Å². The van der Waals surface area contributed by atoms with Crippen LogP contribution in [0.1, 0.15) is 40.5 Å². The van der Waals surface area contributed by atoms with Gasteiger partial charge in [0.25, 0.3) is 0 Å². The van der Waals surface area contributed by atoms with Crippen LogP contribution >= 0.6 is 0 Å². The molecular weight excluding hydrogens is 164 g/mol. The van der Waals surface area contributed by atoms with Crippen LogP contribution in [0.3, 0.4) is 0 Å². The summed E-state index contributed by atoms with van der Waals surface area (Å²) in [7, 11) is 0. The summed E-state index contributed by atoms with van der Waals surface area (Å²) in [5.41, 5.74) is 5.73. The lowest BCUT2D eigenvalue weighted by molar-refractivity contribution is -0.122. The van der Waals surface area contributed by atoms with Gasteiger partial charge >= 0.3 is 0 Å². The molecule has 0 spiro atoms. The summed E-state index contributed by atoms with van der Waals surface area (Å²) < 4.78 is 0. The number of rotatable bonds is 4. The van der Waals surface area contributed by atoms with Crippen molar-refractivity contribution in [2.45, 2.75) is 46.6 Å². The van der Waals surface area contributed by atoms with Crippen LogP contribution in [0.2, 0.25) is 0 Å². The molecule has 1 atom stereocenters. The summed E-state index contributed by atoms with van der Waals surface area (Å²) in [6, 6.07) is 0.0870. The van der Waals surface area contributed by atoms with Gasteiger partial charge in [0.15, 0.2) is 0 Å². The summed E-state index contributed by atoms with van der Waals surface area (Å²) in [5.74, 6) is 0.0939. The Morgan fingerprint density at radius 2 is 2.00 bits per heavy atom. The molecule has 1 amide bonds. The second-order valence-corrected chi connectivity index (χ2v) is 4.71. The van der Waals surface area contributed by atoms with E-state index in [0.717, 1.165) is 6.42 Å². The van der Waals surface area contributed by atoms with Crippen LogP contribution in [-0.2, 0) is 4.79 Å². The van der Waals surface area contributed by atoms with Crippen LogP contribution in [0.15, 0.2) is 0 Å². The largest absolute Gasteiger partial charge is 0.355 e. The fourth-order valence-electron chi connectivity index (χ4n) is 0.933. The average Bonchev–Trinajstić information content (AvgIpc) is 1.97. The molecular formula is C10H22N2O. The zero-order valence-electron chi connectivity index (χ0n) is 9.18. The summed E-state index contributed by atoms with van der Waals surface area (Å²) in [5, 5.41) is 2.83. The molecule has 3 nitrogen and oxygen atoms in total. The van der Waals surface area contributed by atoms with Gasteiger partial charge in [0, 0.05) is 19.0 Å². The van der Waals surface area contributed by atoms with Gasteiger partial charge in [-0.25, -0.2) is 0 Å². The van der Waals surface area contributed by atoms with Crippen LogP contribution in [0.25, 0.3) is 0 Å². The fourth-order valence-corrected chi connectivity index (χ4v) is 0.933. The Morgan fingerprint density at radius 1 is 1.46 bits per heavy atom. The first-order chi connectivity index (χ1) is 5.85. The van der Waals surface area contributed by atoms with E-state index in [1.165, 1.54) is 0 Å². The molecule has 0 radical (unpaired) electrons. The molecule has 0 rings (SSSR count). The van der Waals surface area contributed by atoms with Crippen molar-refractivity contribution in [2.24, 2.45) is 11.1 Å². The minimum Gasteiger partial charge on any atom is -0.355 e. The molecule has 0 heterocycles. The van der Waals surface area contributed by atoms with Gasteiger partial charge in [-0.15, -0.1) is 0 Å². The van der Waals surface area contributed by atoms with E-state index in [4.69, 9.17) is 5.73 Å². The molecule has 3 N–H and O–H groups in total. The van der Waals surface area contributed by atoms with Gasteiger partial charge < -0.3 is 11.1 Å². The minimum absolute atomic E-state index is 0.0559. The van der Waals surface area contributed by atoms with E-state index in [1.807, 2.05) is 27.7 Å². The number of hydrogen-bond donors (Lipinski definition) is 2. The summed E-state index contributed by atoms with van der Waals surface area (Å²) >= 11 is 0. The molecule has 0 saturated carbocycles. The molecule has 0 bridgehead atoms. The second kappa shape index (κ2) is 5.22. The summed E-state index contributed by atoms with van der Waals surface area (Å²) in [6.07, 6.45) is 1.46. The maximum Gasteiger partial charge on any atom is 0.220 e. The Hall–Kier alpha value is -0.570. The quantitative estimate of drug-likeness (QED) is 0.695. The zero-order valence-corrected chi connectivity index (χ0v) is 9.18. The molecule has 1 unspecified atom stereocenters. The molecule has 3 heteroatoms. The first-order valence-electron chi connectivity index (χ1n) is 4.87. The molecule has 0 saturated heterocycles. The van der Waals surface area contributed by atoms with Crippen molar-refractivity contribution in [3.8, 4) is 0 Å².